The normalized spacial score (nSPS) is 12.0. The van der Waals surface area contributed by atoms with Crippen molar-refractivity contribution < 1.29 is 5.11 Å². The molecule has 0 atom stereocenters. The van der Waals surface area contributed by atoms with Gasteiger partial charge in [-0.1, -0.05) is 13.8 Å². The molecule has 0 spiro atoms. The smallest absolute Gasteiger partial charge is 0.0896 e. The summed E-state index contributed by atoms with van der Waals surface area (Å²) in [6.07, 6.45) is 2.81. The first-order valence-electron chi connectivity index (χ1n) is 4.06. The Labute approximate surface area is 77.3 Å². The van der Waals surface area contributed by atoms with Crippen molar-refractivity contribution in [1.82, 2.24) is 4.98 Å². The molecule has 1 rings (SSSR count). The fourth-order valence-electron chi connectivity index (χ4n) is 1.01. The fourth-order valence-corrected chi connectivity index (χ4v) is 2.07. The molecule has 2 nitrogen and oxygen atoms in total. The maximum absolute atomic E-state index is 9.05. The Hall–Kier alpha value is -0.410. The molecular formula is C9H15NOS. The molecule has 1 aromatic rings. The molecule has 1 N–H and O–H groups in total. The summed E-state index contributed by atoms with van der Waals surface area (Å²) in [7, 11) is 0. The van der Waals surface area contributed by atoms with Crippen LogP contribution in [0, 0.1) is 12.3 Å². The minimum atomic E-state index is -0.0149. The van der Waals surface area contributed by atoms with Gasteiger partial charge in [0.1, 0.15) is 0 Å². The van der Waals surface area contributed by atoms with E-state index in [1.54, 1.807) is 11.3 Å². The van der Waals surface area contributed by atoms with E-state index >= 15 is 0 Å². The minimum Gasteiger partial charge on any atom is -0.396 e. The summed E-state index contributed by atoms with van der Waals surface area (Å²) in [5, 5.41) is 10.1. The summed E-state index contributed by atoms with van der Waals surface area (Å²) in [6, 6.07) is 0. The molecule has 0 bridgehead atoms. The first kappa shape index (κ1) is 9.68. The van der Waals surface area contributed by atoms with E-state index in [0.29, 0.717) is 0 Å². The zero-order valence-corrected chi connectivity index (χ0v) is 8.61. The number of hydrogen-bond donors (Lipinski definition) is 1. The third-order valence-corrected chi connectivity index (χ3v) is 2.66. The molecule has 12 heavy (non-hydrogen) atoms. The van der Waals surface area contributed by atoms with Crippen LogP contribution in [0.1, 0.15) is 23.7 Å². The molecule has 1 heterocycles. The molecule has 0 aromatic carbocycles. The first-order valence-corrected chi connectivity index (χ1v) is 4.87. The highest BCUT2D eigenvalue weighted by atomic mass is 32.1. The van der Waals surface area contributed by atoms with Gasteiger partial charge in [-0.15, -0.1) is 11.3 Å². The maximum Gasteiger partial charge on any atom is 0.0896 e. The molecular weight excluding hydrogens is 170 g/mol. The number of aromatic nitrogens is 1. The molecule has 0 fully saturated rings. The molecule has 0 aliphatic rings. The molecule has 0 saturated heterocycles. The van der Waals surface area contributed by atoms with Crippen LogP contribution in [0.3, 0.4) is 0 Å². The third kappa shape index (κ3) is 2.57. The molecule has 0 saturated carbocycles. The van der Waals surface area contributed by atoms with Crippen molar-refractivity contribution in [3.05, 3.63) is 16.1 Å². The Balaban J connectivity index is 2.63. The van der Waals surface area contributed by atoms with Crippen LogP contribution in [-0.2, 0) is 6.42 Å². The number of aliphatic hydroxyl groups excluding tert-OH is 1. The monoisotopic (exact) mass is 185 g/mol. The lowest BCUT2D eigenvalue weighted by Gasteiger charge is -2.19. The van der Waals surface area contributed by atoms with Gasteiger partial charge >= 0.3 is 0 Å². The van der Waals surface area contributed by atoms with Gasteiger partial charge in [0.25, 0.3) is 0 Å². The molecule has 3 heteroatoms. The largest absolute Gasteiger partial charge is 0.396 e. The van der Waals surface area contributed by atoms with Gasteiger partial charge in [0.2, 0.25) is 0 Å². The van der Waals surface area contributed by atoms with Crippen molar-refractivity contribution in [2.75, 3.05) is 6.61 Å². The van der Waals surface area contributed by atoms with E-state index in [0.717, 1.165) is 11.4 Å². The highest BCUT2D eigenvalue weighted by Gasteiger charge is 2.18. The van der Waals surface area contributed by atoms with Gasteiger partial charge in [0.15, 0.2) is 0 Å². The van der Waals surface area contributed by atoms with E-state index in [1.165, 1.54) is 4.88 Å². The number of rotatable bonds is 3. The zero-order chi connectivity index (χ0) is 9.19. The predicted molar refractivity (Wildman–Crippen MR) is 51.4 cm³/mol. The van der Waals surface area contributed by atoms with Gasteiger partial charge in [-0.3, -0.25) is 0 Å². The lowest BCUT2D eigenvalue weighted by atomic mass is 9.90. The van der Waals surface area contributed by atoms with Crippen molar-refractivity contribution in [1.29, 1.82) is 0 Å². The van der Waals surface area contributed by atoms with Crippen molar-refractivity contribution >= 4 is 11.3 Å². The SMILES string of the molecule is Cc1ncc(CC(C)(C)CO)s1. The van der Waals surface area contributed by atoms with Crippen molar-refractivity contribution in [2.45, 2.75) is 27.2 Å². The average Bonchev–Trinajstić information content (AvgIpc) is 2.35. The number of hydrogen-bond acceptors (Lipinski definition) is 3. The van der Waals surface area contributed by atoms with Crippen LogP contribution in [0.25, 0.3) is 0 Å². The number of aliphatic hydroxyl groups is 1. The van der Waals surface area contributed by atoms with Crippen LogP contribution < -0.4 is 0 Å². The summed E-state index contributed by atoms with van der Waals surface area (Å²) < 4.78 is 0. The number of aryl methyl sites for hydroxylation is 1. The van der Waals surface area contributed by atoms with Gasteiger partial charge in [0, 0.05) is 17.7 Å². The predicted octanol–water partition coefficient (Wildman–Crippen LogP) is 2.01. The van der Waals surface area contributed by atoms with Crippen LogP contribution in [-0.4, -0.2) is 16.7 Å². The quantitative estimate of drug-likeness (QED) is 0.781. The van der Waals surface area contributed by atoms with E-state index in [4.69, 9.17) is 5.11 Å². The Morgan fingerprint density at radius 2 is 2.25 bits per heavy atom. The molecule has 0 radical (unpaired) electrons. The number of nitrogens with zero attached hydrogens (tertiary/aromatic N) is 1. The Kier molecular flexibility index (Phi) is 2.85. The number of thiazole rings is 1. The summed E-state index contributed by atoms with van der Waals surface area (Å²) >= 11 is 1.71. The molecule has 68 valence electrons. The van der Waals surface area contributed by atoms with E-state index in [9.17, 15) is 0 Å². The maximum atomic E-state index is 9.05. The lowest BCUT2D eigenvalue weighted by Crippen LogP contribution is -2.18. The van der Waals surface area contributed by atoms with Crippen LogP contribution >= 0.6 is 11.3 Å². The molecule has 0 aliphatic carbocycles. The third-order valence-electron chi connectivity index (χ3n) is 1.75. The molecule has 0 amide bonds. The van der Waals surface area contributed by atoms with Gasteiger partial charge in [-0.2, -0.15) is 0 Å². The van der Waals surface area contributed by atoms with E-state index in [2.05, 4.69) is 18.8 Å². The standard InChI is InChI=1S/C9H15NOS/c1-7-10-5-8(12-7)4-9(2,3)6-11/h5,11H,4,6H2,1-3H3. The summed E-state index contributed by atoms with van der Waals surface area (Å²) in [4.78, 5) is 5.43. The van der Waals surface area contributed by atoms with Gasteiger partial charge in [-0.05, 0) is 18.8 Å². The van der Waals surface area contributed by atoms with Crippen LogP contribution in [0.2, 0.25) is 0 Å². The highest BCUT2D eigenvalue weighted by Crippen LogP contribution is 2.24. The summed E-state index contributed by atoms with van der Waals surface area (Å²) in [5.41, 5.74) is -0.0149. The second-order valence-electron chi connectivity index (χ2n) is 3.84. The fraction of sp³-hybridized carbons (Fsp3) is 0.667. The van der Waals surface area contributed by atoms with E-state index in [-0.39, 0.29) is 12.0 Å². The van der Waals surface area contributed by atoms with Gasteiger partial charge in [0.05, 0.1) is 5.01 Å². The zero-order valence-electron chi connectivity index (χ0n) is 7.79. The van der Waals surface area contributed by atoms with Crippen molar-refractivity contribution in [2.24, 2.45) is 5.41 Å². The van der Waals surface area contributed by atoms with E-state index < -0.39 is 0 Å². The first-order chi connectivity index (χ1) is 5.53. The molecule has 1 aromatic heterocycles. The molecule has 0 aliphatic heterocycles. The minimum absolute atomic E-state index is 0.0149. The van der Waals surface area contributed by atoms with Crippen molar-refractivity contribution in [3.63, 3.8) is 0 Å². The molecule has 0 unspecified atom stereocenters. The Bertz CT molecular complexity index is 255. The van der Waals surface area contributed by atoms with Crippen LogP contribution in [0.15, 0.2) is 6.20 Å². The van der Waals surface area contributed by atoms with Crippen molar-refractivity contribution in [3.8, 4) is 0 Å². The Morgan fingerprint density at radius 3 is 2.67 bits per heavy atom. The van der Waals surface area contributed by atoms with Crippen LogP contribution in [0.5, 0.6) is 0 Å². The lowest BCUT2D eigenvalue weighted by molar-refractivity contribution is 0.160. The topological polar surface area (TPSA) is 33.1 Å². The highest BCUT2D eigenvalue weighted by molar-refractivity contribution is 7.11. The second kappa shape index (κ2) is 3.54. The summed E-state index contributed by atoms with van der Waals surface area (Å²) in [5.74, 6) is 0. The summed E-state index contributed by atoms with van der Waals surface area (Å²) in [6.45, 7) is 6.34. The van der Waals surface area contributed by atoms with E-state index in [1.807, 2.05) is 13.1 Å². The van der Waals surface area contributed by atoms with Crippen LogP contribution in [0.4, 0.5) is 0 Å². The average molecular weight is 185 g/mol. The Morgan fingerprint density at radius 1 is 1.58 bits per heavy atom. The van der Waals surface area contributed by atoms with Gasteiger partial charge < -0.3 is 5.11 Å². The van der Waals surface area contributed by atoms with Gasteiger partial charge in [-0.25, -0.2) is 4.98 Å². The second-order valence-corrected chi connectivity index (χ2v) is 5.16.